The molecule has 0 fully saturated rings. The van der Waals surface area contributed by atoms with Crippen molar-refractivity contribution in [2.24, 2.45) is 11.8 Å². The molecule has 3 nitrogen and oxygen atoms in total. The minimum atomic E-state index is -0.849. The molecule has 0 saturated carbocycles. The van der Waals surface area contributed by atoms with Gasteiger partial charge in [0, 0.05) is 11.2 Å². The van der Waals surface area contributed by atoms with Gasteiger partial charge in [0.2, 0.25) is 0 Å². The van der Waals surface area contributed by atoms with Crippen molar-refractivity contribution in [3.63, 3.8) is 0 Å². The predicted molar refractivity (Wildman–Crippen MR) is 90.9 cm³/mol. The van der Waals surface area contributed by atoms with Gasteiger partial charge < -0.3 is 9.90 Å². The van der Waals surface area contributed by atoms with Crippen LogP contribution in [0.2, 0.25) is 0 Å². The Balaban J connectivity index is 5.05. The lowest BCUT2D eigenvalue weighted by atomic mass is 9.89. The average Bonchev–Trinajstić information content (AvgIpc) is 2.43. The summed E-state index contributed by atoms with van der Waals surface area (Å²) in [6, 6.07) is 0. The average molecular weight is 317 g/mol. The van der Waals surface area contributed by atoms with Crippen LogP contribution in [0.1, 0.15) is 73.1 Å². The van der Waals surface area contributed by atoms with Crippen LogP contribution in [0.5, 0.6) is 0 Å². The first-order chi connectivity index (χ1) is 9.80. The molecule has 21 heavy (non-hydrogen) atoms. The molecule has 0 bridgehead atoms. The lowest BCUT2D eigenvalue weighted by Gasteiger charge is -2.33. The van der Waals surface area contributed by atoms with Gasteiger partial charge in [-0.3, -0.25) is 4.79 Å². The number of unbranched alkanes of at least 4 members (excludes halogenated alkanes) is 2. The van der Waals surface area contributed by atoms with Crippen LogP contribution in [0.4, 0.5) is 0 Å². The molecule has 1 N–H and O–H groups in total. The molecule has 4 heteroatoms. The molecule has 0 amide bonds. The van der Waals surface area contributed by atoms with Crippen molar-refractivity contribution in [2.45, 2.75) is 83.1 Å². The van der Waals surface area contributed by atoms with E-state index >= 15 is 0 Å². The van der Waals surface area contributed by atoms with E-state index in [-0.39, 0.29) is 11.2 Å². The van der Waals surface area contributed by atoms with Crippen LogP contribution in [0.3, 0.4) is 0 Å². The maximum Gasteiger partial charge on any atom is 0.319 e. The van der Waals surface area contributed by atoms with Gasteiger partial charge in [-0.25, -0.2) is 0 Å². The summed E-state index contributed by atoms with van der Waals surface area (Å²) < 4.78 is -0.849. The fourth-order valence-electron chi connectivity index (χ4n) is 2.46. The molecule has 0 aliphatic rings. The molecule has 0 radical (unpaired) electrons. The Labute approximate surface area is 134 Å². The summed E-state index contributed by atoms with van der Waals surface area (Å²) in [5.41, 5.74) is 0. The number of rotatable bonds is 12. The van der Waals surface area contributed by atoms with E-state index in [1.54, 1.807) is 13.8 Å². The normalized spacial score (nSPS) is 16.2. The molecule has 0 aromatic heterocycles. The second-order valence-electron chi connectivity index (χ2n) is 6.46. The zero-order chi connectivity index (χ0) is 16.5. The molecule has 124 valence electrons. The SMILES string of the molecule is CCCC[C@@H](C=O)[C@@H](SC(C)(C)C(=O)O)[C@@H](C)CCCC. The standard InChI is InChI=1S/C17H32O3S/c1-6-8-10-13(3)15(14(12-18)11-9-7-2)21-17(4,5)16(19)20/h12-15H,6-11H2,1-5H3,(H,19,20)/t13-,14-,15-/m0/s1. The summed E-state index contributed by atoms with van der Waals surface area (Å²) in [7, 11) is 0. The largest absolute Gasteiger partial charge is 0.480 e. The number of carboxylic acids is 1. The monoisotopic (exact) mass is 316 g/mol. The summed E-state index contributed by atoms with van der Waals surface area (Å²) in [6.07, 6.45) is 7.32. The van der Waals surface area contributed by atoms with E-state index in [0.717, 1.165) is 44.8 Å². The molecular weight excluding hydrogens is 284 g/mol. The van der Waals surface area contributed by atoms with E-state index in [0.29, 0.717) is 5.92 Å². The minimum Gasteiger partial charge on any atom is -0.480 e. The van der Waals surface area contributed by atoms with Crippen LogP contribution in [0.25, 0.3) is 0 Å². The lowest BCUT2D eigenvalue weighted by molar-refractivity contribution is -0.139. The highest BCUT2D eigenvalue weighted by Gasteiger charge is 2.36. The Bertz CT molecular complexity index is 315. The first kappa shape index (κ1) is 20.5. The van der Waals surface area contributed by atoms with Crippen molar-refractivity contribution in [2.75, 3.05) is 0 Å². The van der Waals surface area contributed by atoms with Gasteiger partial charge in [-0.1, -0.05) is 46.5 Å². The van der Waals surface area contributed by atoms with Crippen LogP contribution in [0, 0.1) is 11.8 Å². The number of carbonyl (C=O) groups is 2. The number of hydrogen-bond acceptors (Lipinski definition) is 3. The van der Waals surface area contributed by atoms with Gasteiger partial charge in [0.15, 0.2) is 0 Å². The Hall–Kier alpha value is -0.510. The van der Waals surface area contributed by atoms with Crippen molar-refractivity contribution in [1.82, 2.24) is 0 Å². The van der Waals surface area contributed by atoms with Gasteiger partial charge in [0.05, 0.1) is 0 Å². The van der Waals surface area contributed by atoms with Crippen LogP contribution < -0.4 is 0 Å². The Morgan fingerprint density at radius 1 is 1.19 bits per heavy atom. The Kier molecular flexibility index (Phi) is 10.0. The van der Waals surface area contributed by atoms with E-state index in [9.17, 15) is 14.7 Å². The highest BCUT2D eigenvalue weighted by Crippen LogP contribution is 2.39. The summed E-state index contributed by atoms with van der Waals surface area (Å²) >= 11 is 1.47. The maximum atomic E-state index is 11.5. The van der Waals surface area contributed by atoms with E-state index in [1.165, 1.54) is 11.8 Å². The van der Waals surface area contributed by atoms with E-state index < -0.39 is 10.7 Å². The first-order valence-corrected chi connectivity index (χ1v) is 9.04. The lowest BCUT2D eigenvalue weighted by Crippen LogP contribution is -2.36. The molecule has 0 aliphatic heterocycles. The van der Waals surface area contributed by atoms with Crippen molar-refractivity contribution in [3.05, 3.63) is 0 Å². The smallest absolute Gasteiger partial charge is 0.319 e. The molecule has 0 heterocycles. The zero-order valence-corrected chi connectivity index (χ0v) is 15.0. The third kappa shape index (κ3) is 7.35. The van der Waals surface area contributed by atoms with Crippen LogP contribution >= 0.6 is 11.8 Å². The number of hydrogen-bond donors (Lipinski definition) is 1. The molecule has 0 aromatic rings. The van der Waals surface area contributed by atoms with Crippen molar-refractivity contribution in [3.8, 4) is 0 Å². The molecular formula is C17H32O3S. The highest BCUT2D eigenvalue weighted by molar-refractivity contribution is 8.02. The number of aldehydes is 1. The molecule has 0 unspecified atom stereocenters. The second-order valence-corrected chi connectivity index (χ2v) is 8.26. The van der Waals surface area contributed by atoms with Gasteiger partial charge in [-0.05, 0) is 32.6 Å². The van der Waals surface area contributed by atoms with Gasteiger partial charge in [0.25, 0.3) is 0 Å². The van der Waals surface area contributed by atoms with Gasteiger partial charge in [-0.2, -0.15) is 0 Å². The number of carbonyl (C=O) groups excluding carboxylic acids is 1. The summed E-state index contributed by atoms with van der Waals surface area (Å²) in [5.74, 6) is -0.485. The predicted octanol–water partition coefficient (Wildman–Crippen LogP) is 4.78. The third-order valence-corrected chi connectivity index (χ3v) is 5.86. The number of carboxylic acid groups (broad SMARTS) is 1. The van der Waals surface area contributed by atoms with Crippen molar-refractivity contribution < 1.29 is 14.7 Å². The van der Waals surface area contributed by atoms with Crippen LogP contribution in [-0.2, 0) is 9.59 Å². The summed E-state index contributed by atoms with van der Waals surface area (Å²) in [6.45, 7) is 9.91. The Morgan fingerprint density at radius 2 is 1.71 bits per heavy atom. The quantitative estimate of drug-likeness (QED) is 0.526. The van der Waals surface area contributed by atoms with E-state index in [4.69, 9.17) is 0 Å². The summed E-state index contributed by atoms with van der Waals surface area (Å²) in [5, 5.41) is 9.46. The van der Waals surface area contributed by atoms with Crippen LogP contribution in [-0.4, -0.2) is 27.4 Å². The van der Waals surface area contributed by atoms with Gasteiger partial charge in [0.1, 0.15) is 11.0 Å². The topological polar surface area (TPSA) is 54.4 Å². The molecule has 0 saturated heterocycles. The molecule has 0 rings (SSSR count). The van der Waals surface area contributed by atoms with Gasteiger partial charge >= 0.3 is 5.97 Å². The minimum absolute atomic E-state index is 0.0413. The Morgan fingerprint density at radius 3 is 2.14 bits per heavy atom. The fourth-order valence-corrected chi connectivity index (χ4v) is 3.98. The second kappa shape index (κ2) is 10.3. The van der Waals surface area contributed by atoms with Gasteiger partial charge in [-0.15, -0.1) is 11.8 Å². The third-order valence-electron chi connectivity index (χ3n) is 4.01. The van der Waals surface area contributed by atoms with Crippen molar-refractivity contribution >= 4 is 24.0 Å². The van der Waals surface area contributed by atoms with Crippen molar-refractivity contribution in [1.29, 1.82) is 0 Å². The zero-order valence-electron chi connectivity index (χ0n) is 14.2. The van der Waals surface area contributed by atoms with E-state index in [1.807, 2.05) is 0 Å². The molecule has 0 aliphatic carbocycles. The maximum absolute atomic E-state index is 11.5. The molecule has 3 atom stereocenters. The fraction of sp³-hybridized carbons (Fsp3) is 0.882. The van der Waals surface area contributed by atoms with E-state index in [2.05, 4.69) is 20.8 Å². The molecule has 0 spiro atoms. The first-order valence-electron chi connectivity index (χ1n) is 8.16. The number of aliphatic carboxylic acids is 1. The highest BCUT2D eigenvalue weighted by atomic mass is 32.2. The summed E-state index contributed by atoms with van der Waals surface area (Å²) in [4.78, 5) is 22.9. The van der Waals surface area contributed by atoms with Crippen LogP contribution in [0.15, 0.2) is 0 Å². The molecule has 0 aromatic carbocycles. The number of thioether (sulfide) groups is 1.